The summed E-state index contributed by atoms with van der Waals surface area (Å²) in [6.07, 6.45) is 5.25. The SMILES string of the molecule is CCc1cnc(C(=O)N2CC[C@@H](O)[C@H](Cc3ccc(C)cc3)C2)nc1. The number of aryl methyl sites for hydroxylation is 2. The van der Waals surface area contributed by atoms with Crippen LogP contribution in [0.2, 0.25) is 0 Å². The lowest BCUT2D eigenvalue weighted by Gasteiger charge is -2.36. The first kappa shape index (κ1) is 17.5. The Morgan fingerprint density at radius 2 is 1.88 bits per heavy atom. The molecule has 25 heavy (non-hydrogen) atoms. The van der Waals surface area contributed by atoms with Gasteiger partial charge in [0, 0.05) is 31.4 Å². The second-order valence-electron chi connectivity index (χ2n) is 6.83. The Labute approximate surface area is 148 Å². The average molecular weight is 339 g/mol. The van der Waals surface area contributed by atoms with Gasteiger partial charge < -0.3 is 10.0 Å². The maximum atomic E-state index is 12.7. The van der Waals surface area contributed by atoms with Gasteiger partial charge in [0.2, 0.25) is 5.82 Å². The van der Waals surface area contributed by atoms with Gasteiger partial charge in [-0.3, -0.25) is 4.79 Å². The van der Waals surface area contributed by atoms with Crippen LogP contribution in [-0.4, -0.2) is 45.1 Å². The summed E-state index contributed by atoms with van der Waals surface area (Å²) in [6.45, 7) is 5.17. The maximum Gasteiger partial charge on any atom is 0.291 e. The average Bonchev–Trinajstić information content (AvgIpc) is 2.65. The van der Waals surface area contributed by atoms with Gasteiger partial charge in [-0.1, -0.05) is 36.8 Å². The predicted octanol–water partition coefficient (Wildman–Crippen LogP) is 2.41. The number of carbonyl (C=O) groups is 1. The second kappa shape index (κ2) is 7.74. The number of piperidine rings is 1. The quantitative estimate of drug-likeness (QED) is 0.929. The Hall–Kier alpha value is -2.27. The van der Waals surface area contributed by atoms with Gasteiger partial charge in [-0.25, -0.2) is 9.97 Å². The number of aliphatic hydroxyl groups is 1. The van der Waals surface area contributed by atoms with Crippen LogP contribution in [0.4, 0.5) is 0 Å². The number of aromatic nitrogens is 2. The van der Waals surface area contributed by atoms with Crippen molar-refractivity contribution in [1.82, 2.24) is 14.9 Å². The van der Waals surface area contributed by atoms with Crippen LogP contribution in [0.1, 0.15) is 40.7 Å². The number of nitrogens with zero attached hydrogens (tertiary/aromatic N) is 3. The zero-order chi connectivity index (χ0) is 17.8. The van der Waals surface area contributed by atoms with Crippen LogP contribution >= 0.6 is 0 Å². The van der Waals surface area contributed by atoms with E-state index in [4.69, 9.17) is 0 Å². The highest BCUT2D eigenvalue weighted by Gasteiger charge is 2.31. The molecular formula is C20H25N3O2. The number of carbonyl (C=O) groups excluding carboxylic acids is 1. The minimum atomic E-state index is -0.381. The summed E-state index contributed by atoms with van der Waals surface area (Å²) in [7, 11) is 0. The molecule has 1 aliphatic heterocycles. The van der Waals surface area contributed by atoms with Crippen molar-refractivity contribution in [2.75, 3.05) is 13.1 Å². The first-order valence-electron chi connectivity index (χ1n) is 8.90. The highest BCUT2D eigenvalue weighted by atomic mass is 16.3. The third-order valence-corrected chi connectivity index (χ3v) is 4.90. The molecule has 2 aromatic rings. The Morgan fingerprint density at radius 3 is 2.52 bits per heavy atom. The van der Waals surface area contributed by atoms with Crippen LogP contribution in [0.15, 0.2) is 36.7 Å². The van der Waals surface area contributed by atoms with Crippen LogP contribution in [-0.2, 0) is 12.8 Å². The van der Waals surface area contributed by atoms with Crippen molar-refractivity contribution in [1.29, 1.82) is 0 Å². The molecule has 2 atom stereocenters. The number of rotatable bonds is 4. The Kier molecular flexibility index (Phi) is 5.43. The second-order valence-corrected chi connectivity index (χ2v) is 6.83. The summed E-state index contributed by atoms with van der Waals surface area (Å²) in [4.78, 5) is 22.8. The highest BCUT2D eigenvalue weighted by Crippen LogP contribution is 2.22. The summed E-state index contributed by atoms with van der Waals surface area (Å²) in [5, 5.41) is 10.4. The van der Waals surface area contributed by atoms with E-state index in [1.165, 1.54) is 11.1 Å². The van der Waals surface area contributed by atoms with E-state index < -0.39 is 0 Å². The fraction of sp³-hybridized carbons (Fsp3) is 0.450. The van der Waals surface area contributed by atoms with Crippen molar-refractivity contribution in [3.8, 4) is 0 Å². The zero-order valence-corrected chi connectivity index (χ0v) is 14.9. The molecule has 5 nitrogen and oxygen atoms in total. The number of hydrogen-bond acceptors (Lipinski definition) is 4. The lowest BCUT2D eigenvalue weighted by Crippen LogP contribution is -2.47. The lowest BCUT2D eigenvalue weighted by molar-refractivity contribution is 0.0234. The molecule has 0 unspecified atom stereocenters. The monoisotopic (exact) mass is 339 g/mol. The number of aliphatic hydroxyl groups excluding tert-OH is 1. The van der Waals surface area contributed by atoms with Crippen molar-refractivity contribution in [2.45, 2.75) is 39.2 Å². The molecule has 0 saturated carbocycles. The summed E-state index contributed by atoms with van der Waals surface area (Å²) >= 11 is 0. The third kappa shape index (κ3) is 4.23. The first-order chi connectivity index (χ1) is 12.1. The van der Waals surface area contributed by atoms with Gasteiger partial charge in [-0.2, -0.15) is 0 Å². The summed E-state index contributed by atoms with van der Waals surface area (Å²) in [6, 6.07) is 8.35. The lowest BCUT2D eigenvalue weighted by atomic mass is 9.88. The maximum absolute atomic E-state index is 12.7. The summed E-state index contributed by atoms with van der Waals surface area (Å²) in [5.74, 6) is 0.126. The van der Waals surface area contributed by atoms with Gasteiger partial charge in [-0.15, -0.1) is 0 Å². The fourth-order valence-corrected chi connectivity index (χ4v) is 3.22. The minimum Gasteiger partial charge on any atom is -0.393 e. The van der Waals surface area contributed by atoms with Crippen molar-refractivity contribution < 1.29 is 9.90 Å². The molecule has 3 rings (SSSR count). The van der Waals surface area contributed by atoms with E-state index in [0.717, 1.165) is 18.4 Å². The zero-order valence-electron chi connectivity index (χ0n) is 14.9. The molecule has 0 spiro atoms. The largest absolute Gasteiger partial charge is 0.393 e. The van der Waals surface area contributed by atoms with Gasteiger partial charge in [-0.05, 0) is 37.3 Å². The molecule has 1 aliphatic rings. The third-order valence-electron chi connectivity index (χ3n) is 4.90. The highest BCUT2D eigenvalue weighted by molar-refractivity contribution is 5.90. The normalized spacial score (nSPS) is 20.5. The van der Waals surface area contributed by atoms with Gasteiger partial charge in [0.25, 0.3) is 5.91 Å². The molecule has 1 amide bonds. The van der Waals surface area contributed by atoms with E-state index in [2.05, 4.69) is 41.2 Å². The Morgan fingerprint density at radius 1 is 1.20 bits per heavy atom. The van der Waals surface area contributed by atoms with E-state index in [9.17, 15) is 9.90 Å². The molecule has 0 radical (unpaired) electrons. The molecule has 1 aromatic carbocycles. The molecule has 0 aliphatic carbocycles. The molecule has 1 saturated heterocycles. The fourth-order valence-electron chi connectivity index (χ4n) is 3.22. The summed E-state index contributed by atoms with van der Waals surface area (Å²) in [5.41, 5.74) is 3.42. The topological polar surface area (TPSA) is 66.3 Å². The molecule has 1 fully saturated rings. The van der Waals surface area contributed by atoms with E-state index in [0.29, 0.717) is 19.5 Å². The summed E-state index contributed by atoms with van der Waals surface area (Å²) < 4.78 is 0. The Bertz CT molecular complexity index is 713. The molecule has 1 aromatic heterocycles. The molecule has 0 bridgehead atoms. The number of hydrogen-bond donors (Lipinski definition) is 1. The van der Waals surface area contributed by atoms with Crippen molar-refractivity contribution in [3.63, 3.8) is 0 Å². The predicted molar refractivity (Wildman–Crippen MR) is 96.3 cm³/mol. The molecule has 132 valence electrons. The van der Waals surface area contributed by atoms with E-state index >= 15 is 0 Å². The minimum absolute atomic E-state index is 0.0373. The number of amides is 1. The van der Waals surface area contributed by atoms with Crippen LogP contribution < -0.4 is 0 Å². The van der Waals surface area contributed by atoms with Gasteiger partial charge in [0.05, 0.1) is 6.10 Å². The van der Waals surface area contributed by atoms with E-state index in [1.807, 2.05) is 6.92 Å². The van der Waals surface area contributed by atoms with Gasteiger partial charge in [0.1, 0.15) is 0 Å². The smallest absolute Gasteiger partial charge is 0.291 e. The van der Waals surface area contributed by atoms with Gasteiger partial charge in [0.15, 0.2) is 0 Å². The number of likely N-dealkylation sites (tertiary alicyclic amines) is 1. The van der Waals surface area contributed by atoms with Crippen LogP contribution in [0.25, 0.3) is 0 Å². The molecule has 1 N–H and O–H groups in total. The molecule has 2 heterocycles. The molecule has 5 heteroatoms. The van der Waals surface area contributed by atoms with E-state index in [-0.39, 0.29) is 23.8 Å². The van der Waals surface area contributed by atoms with Gasteiger partial charge >= 0.3 is 0 Å². The van der Waals surface area contributed by atoms with Crippen molar-refractivity contribution in [2.24, 2.45) is 5.92 Å². The Balaban J connectivity index is 1.68. The van der Waals surface area contributed by atoms with E-state index in [1.54, 1.807) is 17.3 Å². The molecular weight excluding hydrogens is 314 g/mol. The van der Waals surface area contributed by atoms with Crippen LogP contribution in [0.3, 0.4) is 0 Å². The van der Waals surface area contributed by atoms with Crippen LogP contribution in [0, 0.1) is 12.8 Å². The van der Waals surface area contributed by atoms with Crippen molar-refractivity contribution >= 4 is 5.91 Å². The standard InChI is InChI=1S/C20H25N3O2/c1-3-15-11-21-19(22-12-15)20(25)23-9-8-18(24)17(13-23)10-16-6-4-14(2)5-7-16/h4-7,11-12,17-18,24H,3,8-10,13H2,1-2H3/t17-,18-/m1/s1. The number of benzene rings is 1. The first-order valence-corrected chi connectivity index (χ1v) is 8.90. The van der Waals surface area contributed by atoms with Crippen LogP contribution in [0.5, 0.6) is 0 Å². The van der Waals surface area contributed by atoms with Crippen molar-refractivity contribution in [3.05, 3.63) is 59.2 Å².